The zero-order valence-corrected chi connectivity index (χ0v) is 13.3. The first-order valence-electron chi connectivity index (χ1n) is 7.50. The van der Waals surface area contributed by atoms with Crippen LogP contribution >= 0.6 is 12.2 Å². The average molecular weight is 305 g/mol. The van der Waals surface area contributed by atoms with Gasteiger partial charge in [0.1, 0.15) is 4.99 Å². The van der Waals surface area contributed by atoms with Gasteiger partial charge in [-0.3, -0.25) is 9.69 Å². The van der Waals surface area contributed by atoms with Crippen molar-refractivity contribution in [1.82, 2.24) is 4.90 Å². The topological polar surface area (TPSA) is 58.4 Å². The minimum atomic E-state index is 0.0206. The van der Waals surface area contributed by atoms with Gasteiger partial charge in [0.15, 0.2) is 0 Å². The molecule has 1 amide bonds. The smallest absolute Gasteiger partial charge is 0.238 e. The van der Waals surface area contributed by atoms with Crippen LogP contribution in [0.2, 0.25) is 0 Å². The molecule has 0 bridgehead atoms. The number of nitrogens with one attached hydrogen (secondary N) is 1. The van der Waals surface area contributed by atoms with Crippen molar-refractivity contribution < 1.29 is 4.79 Å². The van der Waals surface area contributed by atoms with Gasteiger partial charge in [0.25, 0.3) is 0 Å². The third kappa shape index (κ3) is 4.79. The fourth-order valence-electron chi connectivity index (χ4n) is 2.85. The van der Waals surface area contributed by atoms with Crippen LogP contribution in [0.25, 0.3) is 0 Å². The minimum absolute atomic E-state index is 0.0206. The normalized spacial score (nSPS) is 18.6. The Balaban J connectivity index is 1.85. The molecule has 114 valence electrons. The first-order chi connectivity index (χ1) is 10.1. The minimum Gasteiger partial charge on any atom is -0.389 e. The predicted molar refractivity (Wildman–Crippen MR) is 90.4 cm³/mol. The van der Waals surface area contributed by atoms with Gasteiger partial charge in [-0.15, -0.1) is 0 Å². The van der Waals surface area contributed by atoms with Gasteiger partial charge in [0, 0.05) is 17.8 Å². The largest absolute Gasteiger partial charge is 0.389 e. The van der Waals surface area contributed by atoms with E-state index in [9.17, 15) is 4.79 Å². The van der Waals surface area contributed by atoms with Crippen molar-refractivity contribution in [3.05, 3.63) is 29.8 Å². The number of carbonyl (C=O) groups excluding carboxylic acids is 1. The standard InChI is InChI=1S/C16H23N3OS/c1-2-4-12-7-8-19(10-12)11-15(20)18-14-6-3-5-13(9-14)16(17)21/h3,5-6,9,12H,2,4,7-8,10-11H2,1H3,(H2,17,21)(H,18,20). The summed E-state index contributed by atoms with van der Waals surface area (Å²) in [5.74, 6) is 0.771. The average Bonchev–Trinajstić information content (AvgIpc) is 2.86. The van der Waals surface area contributed by atoms with Crippen LogP contribution < -0.4 is 11.1 Å². The van der Waals surface area contributed by atoms with Crippen molar-refractivity contribution in [3.8, 4) is 0 Å². The van der Waals surface area contributed by atoms with E-state index in [2.05, 4.69) is 17.1 Å². The molecule has 1 aliphatic heterocycles. The summed E-state index contributed by atoms with van der Waals surface area (Å²) in [5.41, 5.74) is 7.12. The fourth-order valence-corrected chi connectivity index (χ4v) is 2.98. The Hall–Kier alpha value is -1.46. The number of hydrogen-bond acceptors (Lipinski definition) is 3. The Bertz CT molecular complexity index is 518. The first-order valence-corrected chi connectivity index (χ1v) is 7.91. The molecule has 0 spiro atoms. The summed E-state index contributed by atoms with van der Waals surface area (Å²) in [7, 11) is 0. The van der Waals surface area contributed by atoms with Crippen molar-refractivity contribution in [2.24, 2.45) is 11.7 Å². The Morgan fingerprint density at radius 3 is 3.05 bits per heavy atom. The molecule has 3 N–H and O–H groups in total. The molecule has 5 heteroatoms. The number of nitrogens with zero attached hydrogens (tertiary/aromatic N) is 1. The summed E-state index contributed by atoms with van der Waals surface area (Å²) in [4.78, 5) is 14.7. The Kier molecular flexibility index (Phi) is 5.70. The number of amides is 1. The van der Waals surface area contributed by atoms with Gasteiger partial charge < -0.3 is 11.1 Å². The Labute approximate surface area is 131 Å². The quantitative estimate of drug-likeness (QED) is 0.792. The molecule has 1 saturated heterocycles. The van der Waals surface area contributed by atoms with Crippen molar-refractivity contribution >= 4 is 28.8 Å². The molecule has 1 fully saturated rings. The van der Waals surface area contributed by atoms with Crippen molar-refractivity contribution in [2.45, 2.75) is 26.2 Å². The SMILES string of the molecule is CCCC1CCN(CC(=O)Nc2cccc(C(N)=S)c2)C1. The Morgan fingerprint density at radius 1 is 1.52 bits per heavy atom. The maximum absolute atomic E-state index is 12.1. The number of benzene rings is 1. The zero-order valence-electron chi connectivity index (χ0n) is 12.5. The molecule has 1 aromatic rings. The molecule has 2 rings (SSSR count). The van der Waals surface area contributed by atoms with Crippen LogP contribution in [0.3, 0.4) is 0 Å². The van der Waals surface area contributed by atoms with Crippen LogP contribution in [-0.2, 0) is 4.79 Å². The van der Waals surface area contributed by atoms with Crippen LogP contribution in [0.15, 0.2) is 24.3 Å². The van der Waals surface area contributed by atoms with Crippen LogP contribution in [0.4, 0.5) is 5.69 Å². The summed E-state index contributed by atoms with van der Waals surface area (Å²) in [6, 6.07) is 7.35. The van der Waals surface area contributed by atoms with Crippen molar-refractivity contribution in [2.75, 3.05) is 25.0 Å². The highest BCUT2D eigenvalue weighted by Crippen LogP contribution is 2.20. The van der Waals surface area contributed by atoms with E-state index in [1.807, 2.05) is 24.3 Å². The molecular formula is C16H23N3OS. The molecule has 1 aromatic carbocycles. The van der Waals surface area contributed by atoms with E-state index in [-0.39, 0.29) is 5.91 Å². The summed E-state index contributed by atoms with van der Waals surface area (Å²) in [5, 5.41) is 2.92. The Morgan fingerprint density at radius 2 is 2.33 bits per heavy atom. The van der Waals surface area contributed by atoms with E-state index in [4.69, 9.17) is 18.0 Å². The predicted octanol–water partition coefficient (Wildman–Crippen LogP) is 2.38. The monoisotopic (exact) mass is 305 g/mol. The number of likely N-dealkylation sites (tertiary alicyclic amines) is 1. The van der Waals surface area contributed by atoms with Crippen LogP contribution in [0, 0.1) is 5.92 Å². The molecule has 0 aliphatic carbocycles. The van der Waals surface area contributed by atoms with Crippen LogP contribution in [-0.4, -0.2) is 35.4 Å². The van der Waals surface area contributed by atoms with E-state index in [0.717, 1.165) is 30.3 Å². The molecule has 1 atom stereocenters. The second-order valence-corrected chi connectivity index (χ2v) is 6.11. The number of hydrogen-bond donors (Lipinski definition) is 2. The van der Waals surface area contributed by atoms with Gasteiger partial charge in [-0.1, -0.05) is 37.7 Å². The second kappa shape index (κ2) is 7.52. The number of anilines is 1. The zero-order chi connectivity index (χ0) is 15.2. The highest BCUT2D eigenvalue weighted by Gasteiger charge is 2.23. The van der Waals surface area contributed by atoms with Crippen molar-refractivity contribution in [3.63, 3.8) is 0 Å². The van der Waals surface area contributed by atoms with Crippen LogP contribution in [0.1, 0.15) is 31.7 Å². The highest BCUT2D eigenvalue weighted by atomic mass is 32.1. The number of carbonyl (C=O) groups is 1. The lowest BCUT2D eigenvalue weighted by Gasteiger charge is -2.15. The molecule has 1 unspecified atom stereocenters. The van der Waals surface area contributed by atoms with Gasteiger partial charge in [-0.25, -0.2) is 0 Å². The van der Waals surface area contributed by atoms with Crippen LogP contribution in [0.5, 0.6) is 0 Å². The first kappa shape index (κ1) is 15.9. The molecule has 0 saturated carbocycles. The number of rotatable bonds is 6. The second-order valence-electron chi connectivity index (χ2n) is 5.67. The molecule has 1 heterocycles. The van der Waals surface area contributed by atoms with Gasteiger partial charge in [0.05, 0.1) is 6.54 Å². The van der Waals surface area contributed by atoms with Gasteiger partial charge >= 0.3 is 0 Å². The molecule has 0 aromatic heterocycles. The van der Waals surface area contributed by atoms with E-state index >= 15 is 0 Å². The maximum Gasteiger partial charge on any atom is 0.238 e. The lowest BCUT2D eigenvalue weighted by atomic mass is 10.0. The molecule has 0 radical (unpaired) electrons. The molecule has 21 heavy (non-hydrogen) atoms. The van der Waals surface area contributed by atoms with E-state index in [1.54, 1.807) is 0 Å². The van der Waals surface area contributed by atoms with Crippen molar-refractivity contribution in [1.29, 1.82) is 0 Å². The van der Waals surface area contributed by atoms with Gasteiger partial charge in [0.2, 0.25) is 5.91 Å². The fraction of sp³-hybridized carbons (Fsp3) is 0.500. The third-order valence-corrected chi connectivity index (χ3v) is 4.10. The summed E-state index contributed by atoms with van der Waals surface area (Å²) < 4.78 is 0. The lowest BCUT2D eigenvalue weighted by molar-refractivity contribution is -0.117. The molecule has 4 nitrogen and oxygen atoms in total. The molecule has 1 aliphatic rings. The number of thiocarbonyl (C=S) groups is 1. The van der Waals surface area contributed by atoms with Gasteiger partial charge in [-0.2, -0.15) is 0 Å². The van der Waals surface area contributed by atoms with E-state index < -0.39 is 0 Å². The summed E-state index contributed by atoms with van der Waals surface area (Å²) in [6.07, 6.45) is 3.68. The summed E-state index contributed by atoms with van der Waals surface area (Å²) >= 11 is 4.95. The lowest BCUT2D eigenvalue weighted by Crippen LogP contribution is -2.31. The maximum atomic E-state index is 12.1. The number of nitrogens with two attached hydrogens (primary N) is 1. The molecular weight excluding hydrogens is 282 g/mol. The highest BCUT2D eigenvalue weighted by molar-refractivity contribution is 7.80. The van der Waals surface area contributed by atoms with E-state index in [1.165, 1.54) is 19.3 Å². The van der Waals surface area contributed by atoms with E-state index in [0.29, 0.717) is 11.5 Å². The summed E-state index contributed by atoms with van der Waals surface area (Å²) in [6.45, 7) is 4.72. The third-order valence-electron chi connectivity index (χ3n) is 3.86. The van der Waals surface area contributed by atoms with Gasteiger partial charge in [-0.05, 0) is 37.4 Å².